The van der Waals surface area contributed by atoms with E-state index in [0.29, 0.717) is 0 Å². The molecule has 0 heterocycles. The minimum atomic E-state index is -0.312. The van der Waals surface area contributed by atoms with Crippen LogP contribution in [0, 0.1) is 6.92 Å². The quantitative estimate of drug-likeness (QED) is 0.321. The molecule has 0 aliphatic heterocycles. The zero-order valence-electron chi connectivity index (χ0n) is 4.73. The third-order valence-corrected chi connectivity index (χ3v) is 0.446. The summed E-state index contributed by atoms with van der Waals surface area (Å²) in [4.78, 5) is 19.9. The normalized spacial score (nSPS) is 7.12. The summed E-state index contributed by atoms with van der Waals surface area (Å²) in [7, 11) is 0. The Morgan fingerprint density at radius 1 is 1.50 bits per heavy atom. The molecule has 0 rings (SSSR count). The third kappa shape index (κ3) is 9.33. The van der Waals surface area contributed by atoms with Crippen molar-refractivity contribution >= 4 is 11.6 Å². The maximum atomic E-state index is 9.99. The summed E-state index contributed by atoms with van der Waals surface area (Å²) in [6.45, 7) is 4.38. The van der Waals surface area contributed by atoms with Crippen LogP contribution in [0.25, 0.3) is 0 Å². The van der Waals surface area contributed by atoms with Gasteiger partial charge in [-0.2, -0.15) is 0 Å². The van der Waals surface area contributed by atoms with Crippen LogP contribution in [0.15, 0.2) is 0 Å². The number of Topliss-reactive ketones (excluding diaryl/α,β-unsaturated/α-hetero) is 2. The summed E-state index contributed by atoms with van der Waals surface area (Å²) in [6, 6.07) is 0. The zero-order chi connectivity index (χ0) is 5.86. The van der Waals surface area contributed by atoms with Gasteiger partial charge in [0.2, 0.25) is 0 Å². The molecule has 0 aromatic heterocycles. The van der Waals surface area contributed by atoms with E-state index in [-0.39, 0.29) is 39.7 Å². The van der Waals surface area contributed by atoms with Crippen LogP contribution < -0.4 is 0 Å². The Morgan fingerprint density at radius 2 is 1.88 bits per heavy atom. The molecule has 0 saturated heterocycles. The molecule has 0 N–H and O–H groups in total. The van der Waals surface area contributed by atoms with Gasteiger partial charge in [0.25, 0.3) is 0 Å². The first-order chi connectivity index (χ1) is 3.13. The van der Waals surface area contributed by atoms with Crippen molar-refractivity contribution in [2.45, 2.75) is 13.3 Å². The first-order valence-corrected chi connectivity index (χ1v) is 1.97. The van der Waals surface area contributed by atoms with Gasteiger partial charge in [-0.1, -0.05) is 0 Å². The summed E-state index contributed by atoms with van der Waals surface area (Å²) in [5.74, 6) is -0.437. The van der Waals surface area contributed by atoms with Gasteiger partial charge in [0.05, 0.1) is 0 Å². The number of carbonyl (C=O) groups is 2. The van der Waals surface area contributed by atoms with Crippen LogP contribution in [0.4, 0.5) is 0 Å². The smallest absolute Gasteiger partial charge is 0.339 e. The molecule has 0 unspecified atom stereocenters. The van der Waals surface area contributed by atoms with Crippen LogP contribution in [-0.2, 0) is 31.3 Å². The van der Waals surface area contributed by atoms with E-state index in [1.54, 1.807) is 0 Å². The van der Waals surface area contributed by atoms with Gasteiger partial charge in [0.1, 0.15) is 5.78 Å². The topological polar surface area (TPSA) is 34.1 Å². The van der Waals surface area contributed by atoms with E-state index in [1.807, 2.05) is 0 Å². The van der Waals surface area contributed by atoms with Crippen LogP contribution in [0.3, 0.4) is 0 Å². The average Bonchev–Trinajstić information content (AvgIpc) is 1.27. The molecule has 0 aliphatic rings. The van der Waals surface area contributed by atoms with Crippen molar-refractivity contribution in [3.63, 3.8) is 0 Å². The van der Waals surface area contributed by atoms with Crippen molar-refractivity contribution < 1.29 is 31.3 Å². The molecule has 0 fully saturated rings. The fourth-order valence-corrected chi connectivity index (χ4v) is 0.278. The molecule has 0 bridgehead atoms. The average molecular weight is 147 g/mol. The Labute approximate surface area is 63.5 Å². The van der Waals surface area contributed by atoms with Gasteiger partial charge >= 0.3 is 21.7 Å². The van der Waals surface area contributed by atoms with Gasteiger partial charge in [0.15, 0.2) is 0 Å². The van der Waals surface area contributed by atoms with E-state index in [1.165, 1.54) is 6.92 Å². The maximum absolute atomic E-state index is 9.99. The van der Waals surface area contributed by atoms with Gasteiger partial charge in [-0.15, -0.1) is 0 Å². The number of hydrogen-bond acceptors (Lipinski definition) is 2. The van der Waals surface area contributed by atoms with Crippen LogP contribution >= 0.6 is 0 Å². The van der Waals surface area contributed by atoms with Gasteiger partial charge in [-0.3, -0.25) is 4.79 Å². The molecule has 0 aliphatic carbocycles. The van der Waals surface area contributed by atoms with Gasteiger partial charge < -0.3 is 11.7 Å². The van der Waals surface area contributed by atoms with Gasteiger partial charge in [0, 0.05) is 12.2 Å². The van der Waals surface area contributed by atoms with Crippen molar-refractivity contribution in [3.8, 4) is 0 Å². The first-order valence-electron chi connectivity index (χ1n) is 1.97. The number of hydrogen-bond donors (Lipinski definition) is 0. The van der Waals surface area contributed by atoms with E-state index in [2.05, 4.69) is 6.92 Å². The summed E-state index contributed by atoms with van der Waals surface area (Å²) in [6.07, 6.45) is -0.0278. The fraction of sp³-hybridized carbons (Fsp3) is 0.400. The van der Waals surface area contributed by atoms with Crippen molar-refractivity contribution in [1.29, 1.82) is 0 Å². The SMILES string of the molecule is [CH2-]C(=O)CC(C)=O.[Ti+4]. The molecule has 0 aromatic carbocycles. The summed E-state index contributed by atoms with van der Waals surface area (Å²) in [5, 5.41) is 0. The number of rotatable bonds is 2. The summed E-state index contributed by atoms with van der Waals surface area (Å²) >= 11 is 0. The molecule has 3 heteroatoms. The van der Waals surface area contributed by atoms with Crippen molar-refractivity contribution in [1.82, 2.24) is 0 Å². The Morgan fingerprint density at radius 3 is 1.88 bits per heavy atom. The number of carbonyl (C=O) groups excluding carboxylic acids is 2. The second-order valence-corrected chi connectivity index (χ2v) is 1.42. The molecule has 0 atom stereocenters. The van der Waals surface area contributed by atoms with Crippen LogP contribution in [0.1, 0.15) is 13.3 Å². The van der Waals surface area contributed by atoms with Gasteiger partial charge in [-0.05, 0) is 6.92 Å². The molecule has 0 amide bonds. The van der Waals surface area contributed by atoms with Gasteiger partial charge in [-0.25, -0.2) is 0 Å². The van der Waals surface area contributed by atoms with Crippen molar-refractivity contribution in [2.24, 2.45) is 0 Å². The van der Waals surface area contributed by atoms with E-state index in [9.17, 15) is 9.59 Å². The molecule has 0 aromatic rings. The Bertz CT molecular complexity index is 86.6. The first kappa shape index (κ1) is 10.8. The second kappa shape index (κ2) is 5.07. The van der Waals surface area contributed by atoms with Crippen LogP contribution in [0.2, 0.25) is 0 Å². The van der Waals surface area contributed by atoms with E-state index in [4.69, 9.17) is 0 Å². The van der Waals surface area contributed by atoms with Crippen molar-refractivity contribution in [3.05, 3.63) is 6.92 Å². The molecular weight excluding hydrogens is 140 g/mol. The Balaban J connectivity index is 0. The Kier molecular flexibility index (Phi) is 6.86. The minimum absolute atomic E-state index is 0. The molecule has 8 heavy (non-hydrogen) atoms. The summed E-state index contributed by atoms with van der Waals surface area (Å²) in [5.41, 5.74) is 0. The van der Waals surface area contributed by atoms with Crippen LogP contribution in [-0.4, -0.2) is 11.6 Å². The summed E-state index contributed by atoms with van der Waals surface area (Å²) < 4.78 is 0. The maximum Gasteiger partial charge on any atom is 4.00 e. The zero-order valence-corrected chi connectivity index (χ0v) is 6.29. The molecule has 2 nitrogen and oxygen atoms in total. The van der Waals surface area contributed by atoms with Crippen molar-refractivity contribution in [2.75, 3.05) is 0 Å². The van der Waals surface area contributed by atoms with E-state index >= 15 is 0 Å². The fourth-order valence-electron chi connectivity index (χ4n) is 0.278. The van der Waals surface area contributed by atoms with Crippen LogP contribution in [0.5, 0.6) is 0 Å². The predicted octanol–water partition coefficient (Wildman–Crippen LogP) is 0.366. The predicted molar refractivity (Wildman–Crippen MR) is 25.7 cm³/mol. The number of ketones is 2. The Hall–Kier alpha value is -0.0757. The third-order valence-electron chi connectivity index (χ3n) is 0.446. The second-order valence-electron chi connectivity index (χ2n) is 1.42. The molecule has 40 valence electrons. The van der Waals surface area contributed by atoms with E-state index < -0.39 is 0 Å². The molecule has 0 saturated carbocycles. The molecule has 0 radical (unpaired) electrons. The minimum Gasteiger partial charge on any atom is -0.339 e. The largest absolute Gasteiger partial charge is 4.00 e. The standard InChI is InChI=1S/C5H7O2.Ti/c1-4(6)3-5(2)7;/h1,3H2,2H3;/q-1;+4. The molecule has 0 spiro atoms. The molecular formula is C5H7O2Ti+3. The monoisotopic (exact) mass is 147 g/mol. The van der Waals surface area contributed by atoms with E-state index in [0.717, 1.165) is 0 Å².